The van der Waals surface area contributed by atoms with Crippen LogP contribution in [0.1, 0.15) is 10.5 Å². The second-order valence-corrected chi connectivity index (χ2v) is 4.29. The van der Waals surface area contributed by atoms with Crippen LogP contribution >= 0.6 is 15.9 Å². The van der Waals surface area contributed by atoms with Gasteiger partial charge >= 0.3 is 5.97 Å². The summed E-state index contributed by atoms with van der Waals surface area (Å²) < 4.78 is 19.8. The molecule has 1 aromatic carbocycles. The topological polar surface area (TPSA) is 70.1 Å². The van der Waals surface area contributed by atoms with Crippen LogP contribution in [0.3, 0.4) is 0 Å². The van der Waals surface area contributed by atoms with E-state index in [2.05, 4.69) is 25.7 Å². The molecule has 0 saturated carbocycles. The zero-order chi connectivity index (χ0) is 13.3. The SMILES string of the molecule is COC(=O)c1ncn(-c2cc(F)ccc2Br)c1N. The third-order valence-corrected chi connectivity index (χ3v) is 3.02. The summed E-state index contributed by atoms with van der Waals surface area (Å²) in [5.41, 5.74) is 6.24. The maximum absolute atomic E-state index is 13.2. The summed E-state index contributed by atoms with van der Waals surface area (Å²) in [7, 11) is 1.24. The lowest BCUT2D eigenvalue weighted by Crippen LogP contribution is -2.07. The Morgan fingerprint density at radius 2 is 2.28 bits per heavy atom. The van der Waals surface area contributed by atoms with Crippen LogP contribution in [0.2, 0.25) is 0 Å². The minimum atomic E-state index is -0.640. The molecule has 2 rings (SSSR count). The molecule has 5 nitrogen and oxygen atoms in total. The molecule has 0 atom stereocenters. The summed E-state index contributed by atoms with van der Waals surface area (Å²) in [5, 5.41) is 0. The fraction of sp³-hybridized carbons (Fsp3) is 0.0909. The highest BCUT2D eigenvalue weighted by Crippen LogP contribution is 2.25. The van der Waals surface area contributed by atoms with Crippen LogP contribution in [0.5, 0.6) is 0 Å². The van der Waals surface area contributed by atoms with Crippen molar-refractivity contribution in [2.75, 3.05) is 12.8 Å². The maximum Gasteiger partial charge on any atom is 0.360 e. The number of carbonyl (C=O) groups excluding carboxylic acids is 1. The molecular formula is C11H9BrFN3O2. The van der Waals surface area contributed by atoms with Gasteiger partial charge in [-0.25, -0.2) is 14.2 Å². The van der Waals surface area contributed by atoms with E-state index >= 15 is 0 Å². The van der Waals surface area contributed by atoms with Crippen molar-refractivity contribution in [2.24, 2.45) is 0 Å². The van der Waals surface area contributed by atoms with Gasteiger partial charge < -0.3 is 10.5 Å². The number of imidazole rings is 1. The van der Waals surface area contributed by atoms with Crippen molar-refractivity contribution in [1.29, 1.82) is 0 Å². The molecule has 0 aliphatic carbocycles. The second-order valence-electron chi connectivity index (χ2n) is 3.44. The van der Waals surface area contributed by atoms with E-state index in [1.807, 2.05) is 0 Å². The van der Waals surface area contributed by atoms with E-state index in [1.54, 1.807) is 6.07 Å². The van der Waals surface area contributed by atoms with Crippen LogP contribution in [0.4, 0.5) is 10.2 Å². The summed E-state index contributed by atoms with van der Waals surface area (Å²) in [4.78, 5) is 15.2. The van der Waals surface area contributed by atoms with E-state index in [-0.39, 0.29) is 11.5 Å². The number of hydrogen-bond acceptors (Lipinski definition) is 4. The molecular weight excluding hydrogens is 305 g/mol. The van der Waals surface area contributed by atoms with Crippen molar-refractivity contribution in [2.45, 2.75) is 0 Å². The molecule has 0 aliphatic rings. The largest absolute Gasteiger partial charge is 0.464 e. The Morgan fingerprint density at radius 3 is 2.94 bits per heavy atom. The zero-order valence-corrected chi connectivity index (χ0v) is 10.9. The monoisotopic (exact) mass is 313 g/mol. The number of nitrogen functional groups attached to an aromatic ring is 1. The number of rotatable bonds is 2. The van der Waals surface area contributed by atoms with Crippen LogP contribution < -0.4 is 5.73 Å². The average molecular weight is 314 g/mol. The Kier molecular flexibility index (Phi) is 3.33. The van der Waals surface area contributed by atoms with Gasteiger partial charge in [-0.2, -0.15) is 0 Å². The minimum Gasteiger partial charge on any atom is -0.464 e. The number of aromatic nitrogens is 2. The Morgan fingerprint density at radius 1 is 1.56 bits per heavy atom. The van der Waals surface area contributed by atoms with Crippen molar-refractivity contribution in [1.82, 2.24) is 9.55 Å². The highest BCUT2D eigenvalue weighted by Gasteiger charge is 2.18. The number of anilines is 1. The number of methoxy groups -OCH3 is 1. The highest BCUT2D eigenvalue weighted by atomic mass is 79.9. The third kappa shape index (κ3) is 2.08. The van der Waals surface area contributed by atoms with Gasteiger partial charge in [0.05, 0.1) is 12.8 Å². The number of esters is 1. The van der Waals surface area contributed by atoms with Gasteiger partial charge in [0.2, 0.25) is 0 Å². The number of ether oxygens (including phenoxy) is 1. The smallest absolute Gasteiger partial charge is 0.360 e. The predicted octanol–water partition coefficient (Wildman–Crippen LogP) is 2.14. The fourth-order valence-corrected chi connectivity index (χ4v) is 1.91. The number of carbonyl (C=O) groups is 1. The molecule has 2 aromatic rings. The molecule has 0 saturated heterocycles. The summed E-state index contributed by atoms with van der Waals surface area (Å²) in [6.07, 6.45) is 1.33. The molecule has 0 fully saturated rings. The van der Waals surface area contributed by atoms with E-state index < -0.39 is 11.8 Å². The van der Waals surface area contributed by atoms with Crippen molar-refractivity contribution >= 4 is 27.7 Å². The molecule has 0 bridgehead atoms. The first kappa shape index (κ1) is 12.6. The predicted molar refractivity (Wildman–Crippen MR) is 67.0 cm³/mol. The van der Waals surface area contributed by atoms with Crippen LogP contribution in [-0.4, -0.2) is 22.6 Å². The van der Waals surface area contributed by atoms with Crippen LogP contribution in [0.15, 0.2) is 29.0 Å². The van der Waals surface area contributed by atoms with Crippen LogP contribution in [0.25, 0.3) is 5.69 Å². The van der Waals surface area contributed by atoms with Crippen molar-refractivity contribution in [3.8, 4) is 5.69 Å². The average Bonchev–Trinajstić information content (AvgIpc) is 2.73. The van der Waals surface area contributed by atoms with Gasteiger partial charge in [0.1, 0.15) is 18.0 Å². The lowest BCUT2D eigenvalue weighted by Gasteiger charge is -2.07. The summed E-state index contributed by atoms with van der Waals surface area (Å²) in [5.74, 6) is -0.965. The third-order valence-electron chi connectivity index (χ3n) is 2.35. The molecule has 18 heavy (non-hydrogen) atoms. The van der Waals surface area contributed by atoms with Crippen molar-refractivity contribution < 1.29 is 13.9 Å². The van der Waals surface area contributed by atoms with Gasteiger partial charge in [0, 0.05) is 4.47 Å². The van der Waals surface area contributed by atoms with Gasteiger partial charge in [-0.1, -0.05) is 0 Å². The molecule has 94 valence electrons. The minimum absolute atomic E-state index is 0.00587. The first-order valence-corrected chi connectivity index (χ1v) is 5.70. The number of benzene rings is 1. The summed E-state index contributed by atoms with van der Waals surface area (Å²) in [6.45, 7) is 0. The standard InChI is InChI=1S/C11H9BrFN3O2/c1-18-11(17)9-10(14)16(5-15-9)8-4-6(13)2-3-7(8)12/h2-5H,14H2,1H3. The Balaban J connectivity index is 2.55. The molecule has 0 amide bonds. The Labute approximate surface area is 111 Å². The fourth-order valence-electron chi connectivity index (χ4n) is 1.47. The number of halogens is 2. The number of nitrogens with zero attached hydrogens (tertiary/aromatic N) is 2. The molecule has 0 unspecified atom stereocenters. The molecule has 2 N–H and O–H groups in total. The lowest BCUT2D eigenvalue weighted by atomic mass is 10.3. The first-order valence-electron chi connectivity index (χ1n) is 4.91. The van der Waals surface area contributed by atoms with Gasteiger partial charge in [0.25, 0.3) is 0 Å². The van der Waals surface area contributed by atoms with Gasteiger partial charge in [-0.3, -0.25) is 4.57 Å². The first-order chi connectivity index (χ1) is 8.54. The van der Waals surface area contributed by atoms with E-state index in [9.17, 15) is 9.18 Å². The maximum atomic E-state index is 13.2. The zero-order valence-electron chi connectivity index (χ0n) is 9.35. The molecule has 1 aromatic heterocycles. The van der Waals surface area contributed by atoms with Gasteiger partial charge in [-0.05, 0) is 34.1 Å². The number of nitrogens with two attached hydrogens (primary N) is 1. The van der Waals surface area contributed by atoms with E-state index in [0.29, 0.717) is 10.2 Å². The lowest BCUT2D eigenvalue weighted by molar-refractivity contribution is 0.0596. The Hall–Kier alpha value is -1.89. The van der Waals surface area contributed by atoms with Gasteiger partial charge in [-0.15, -0.1) is 0 Å². The molecule has 0 aliphatic heterocycles. The number of hydrogen-bond donors (Lipinski definition) is 1. The molecule has 0 spiro atoms. The molecule has 1 heterocycles. The second kappa shape index (κ2) is 4.77. The molecule has 7 heteroatoms. The van der Waals surface area contributed by atoms with Crippen molar-refractivity contribution in [3.63, 3.8) is 0 Å². The van der Waals surface area contributed by atoms with E-state index in [4.69, 9.17) is 5.73 Å². The molecule has 0 radical (unpaired) electrons. The Bertz CT molecular complexity index is 612. The van der Waals surface area contributed by atoms with Crippen LogP contribution in [-0.2, 0) is 4.74 Å². The van der Waals surface area contributed by atoms with Gasteiger partial charge in [0.15, 0.2) is 5.69 Å². The normalized spacial score (nSPS) is 10.4. The van der Waals surface area contributed by atoms with E-state index in [1.165, 1.54) is 30.1 Å². The highest BCUT2D eigenvalue weighted by molar-refractivity contribution is 9.10. The summed E-state index contributed by atoms with van der Waals surface area (Å²) >= 11 is 3.28. The van der Waals surface area contributed by atoms with E-state index in [0.717, 1.165) is 0 Å². The quantitative estimate of drug-likeness (QED) is 0.862. The van der Waals surface area contributed by atoms with Crippen molar-refractivity contribution in [3.05, 3.63) is 40.5 Å². The van der Waals surface area contributed by atoms with Crippen LogP contribution in [0, 0.1) is 5.82 Å². The summed E-state index contributed by atoms with van der Waals surface area (Å²) in [6, 6.07) is 4.13.